The van der Waals surface area contributed by atoms with Gasteiger partial charge in [0.25, 0.3) is 5.91 Å². The molecular formula is C25H24ClN3O2S. The van der Waals surface area contributed by atoms with E-state index in [0.717, 1.165) is 22.4 Å². The van der Waals surface area contributed by atoms with Crippen molar-refractivity contribution >= 4 is 34.5 Å². The molecule has 0 aliphatic carbocycles. The third kappa shape index (κ3) is 5.39. The molecule has 0 fully saturated rings. The number of aryl methyl sites for hydroxylation is 2. The van der Waals surface area contributed by atoms with Gasteiger partial charge < -0.3 is 10.1 Å². The zero-order valence-electron chi connectivity index (χ0n) is 18.2. The van der Waals surface area contributed by atoms with Gasteiger partial charge in [0.1, 0.15) is 12.4 Å². The van der Waals surface area contributed by atoms with Crippen LogP contribution in [0.25, 0.3) is 0 Å². The van der Waals surface area contributed by atoms with Gasteiger partial charge in [0.2, 0.25) is 0 Å². The number of nitrogens with one attached hydrogen (secondary N) is 1. The van der Waals surface area contributed by atoms with Gasteiger partial charge in [-0.05, 0) is 72.7 Å². The number of aromatic nitrogens is 2. The molecule has 0 radical (unpaired) electrons. The van der Waals surface area contributed by atoms with Crippen LogP contribution in [0.4, 0.5) is 5.69 Å². The normalized spacial score (nSPS) is 10.9. The van der Waals surface area contributed by atoms with Gasteiger partial charge in [-0.15, -0.1) is 11.3 Å². The number of amides is 1. The molecule has 0 saturated carbocycles. The highest BCUT2D eigenvalue weighted by molar-refractivity contribution is 7.12. The molecule has 0 atom stereocenters. The molecule has 4 aromatic rings. The summed E-state index contributed by atoms with van der Waals surface area (Å²) >= 11 is 7.33. The van der Waals surface area contributed by atoms with Gasteiger partial charge in [0, 0.05) is 16.8 Å². The molecule has 2 heterocycles. The topological polar surface area (TPSA) is 56.1 Å². The zero-order valence-corrected chi connectivity index (χ0v) is 19.8. The van der Waals surface area contributed by atoms with Crippen LogP contribution in [0.15, 0.2) is 60.2 Å². The third-order valence-corrected chi connectivity index (χ3v) is 6.41. The first-order valence-electron chi connectivity index (χ1n) is 10.2. The summed E-state index contributed by atoms with van der Waals surface area (Å²) in [6.45, 7) is 7.23. The number of nitrogens with zero attached hydrogens (tertiary/aromatic N) is 2. The lowest BCUT2D eigenvalue weighted by molar-refractivity contribution is 0.103. The largest absolute Gasteiger partial charge is 0.489 e. The van der Waals surface area contributed by atoms with E-state index in [-0.39, 0.29) is 5.91 Å². The average Bonchev–Trinajstić information content (AvgIpc) is 3.41. The van der Waals surface area contributed by atoms with Gasteiger partial charge >= 0.3 is 0 Å². The zero-order chi connectivity index (χ0) is 22.7. The molecule has 0 bridgehead atoms. The van der Waals surface area contributed by atoms with E-state index in [4.69, 9.17) is 16.3 Å². The number of hydrogen-bond donors (Lipinski definition) is 1. The summed E-state index contributed by atoms with van der Waals surface area (Å²) in [6, 6.07) is 13.7. The second-order valence-corrected chi connectivity index (χ2v) is 9.17. The molecule has 1 N–H and O–H groups in total. The molecule has 2 aromatic heterocycles. The van der Waals surface area contributed by atoms with Crippen LogP contribution in [0.2, 0.25) is 5.02 Å². The Morgan fingerprint density at radius 1 is 1.12 bits per heavy atom. The summed E-state index contributed by atoms with van der Waals surface area (Å²) in [5.41, 5.74) is 6.22. The lowest BCUT2D eigenvalue weighted by Gasteiger charge is -2.11. The first kappa shape index (κ1) is 22.1. The molecule has 5 nitrogen and oxygen atoms in total. The summed E-state index contributed by atoms with van der Waals surface area (Å²) in [4.78, 5) is 13.3. The van der Waals surface area contributed by atoms with Crippen molar-refractivity contribution in [1.29, 1.82) is 0 Å². The van der Waals surface area contributed by atoms with Crippen LogP contribution in [-0.4, -0.2) is 15.7 Å². The molecule has 1 amide bonds. The van der Waals surface area contributed by atoms with Gasteiger partial charge in [-0.2, -0.15) is 5.10 Å². The van der Waals surface area contributed by atoms with Crippen LogP contribution in [0.1, 0.15) is 37.5 Å². The molecule has 2 aromatic carbocycles. The lowest BCUT2D eigenvalue weighted by Crippen LogP contribution is -2.09. The second kappa shape index (κ2) is 9.59. The summed E-state index contributed by atoms with van der Waals surface area (Å²) < 4.78 is 7.79. The van der Waals surface area contributed by atoms with E-state index < -0.39 is 0 Å². The monoisotopic (exact) mass is 465 g/mol. The van der Waals surface area contributed by atoms with Gasteiger partial charge in [0.15, 0.2) is 0 Å². The Balaban J connectivity index is 1.35. The minimum absolute atomic E-state index is 0.158. The Labute approximate surface area is 196 Å². The average molecular weight is 466 g/mol. The standard InChI is InChI=1S/C25H24ClN3O2S/c1-16-8-17(2)18(3)23(9-16)31-14-20-10-24(32-15-20)25(30)28-22-11-27-29(13-22)12-19-4-6-21(26)7-5-19/h4-11,13,15H,12,14H2,1-3H3,(H,28,30). The smallest absolute Gasteiger partial charge is 0.265 e. The summed E-state index contributed by atoms with van der Waals surface area (Å²) in [5.74, 6) is 0.725. The Hall–Kier alpha value is -3.09. The van der Waals surface area contributed by atoms with Gasteiger partial charge in [-0.25, -0.2) is 0 Å². The van der Waals surface area contributed by atoms with E-state index in [2.05, 4.69) is 37.3 Å². The number of halogens is 1. The Kier molecular flexibility index (Phi) is 6.63. The van der Waals surface area contributed by atoms with Crippen LogP contribution < -0.4 is 10.1 Å². The van der Waals surface area contributed by atoms with E-state index >= 15 is 0 Å². The van der Waals surface area contributed by atoms with Crippen molar-refractivity contribution in [3.63, 3.8) is 0 Å². The molecule has 0 aliphatic rings. The van der Waals surface area contributed by atoms with E-state index in [9.17, 15) is 4.79 Å². The number of anilines is 1. The highest BCUT2D eigenvalue weighted by Gasteiger charge is 2.12. The predicted molar refractivity (Wildman–Crippen MR) is 130 cm³/mol. The number of ether oxygens (including phenoxy) is 1. The fourth-order valence-electron chi connectivity index (χ4n) is 3.37. The van der Waals surface area contributed by atoms with Crippen molar-refractivity contribution in [1.82, 2.24) is 9.78 Å². The third-order valence-electron chi connectivity index (χ3n) is 5.18. The molecule has 7 heteroatoms. The number of rotatable bonds is 7. The first-order valence-corrected chi connectivity index (χ1v) is 11.5. The maximum absolute atomic E-state index is 12.7. The maximum Gasteiger partial charge on any atom is 0.265 e. The molecule has 4 rings (SSSR count). The van der Waals surface area contributed by atoms with Gasteiger partial charge in [-0.1, -0.05) is 29.8 Å². The lowest BCUT2D eigenvalue weighted by atomic mass is 10.1. The van der Waals surface area contributed by atoms with E-state index in [1.165, 1.54) is 22.5 Å². The maximum atomic E-state index is 12.7. The van der Waals surface area contributed by atoms with Crippen LogP contribution in [-0.2, 0) is 13.2 Å². The van der Waals surface area contributed by atoms with Gasteiger partial charge in [-0.3, -0.25) is 9.48 Å². The molecule has 0 unspecified atom stereocenters. The first-order chi connectivity index (χ1) is 15.4. The van der Waals surface area contributed by atoms with Crippen molar-refractivity contribution in [2.24, 2.45) is 0 Å². The summed E-state index contributed by atoms with van der Waals surface area (Å²) in [6.07, 6.45) is 3.46. The number of benzene rings is 2. The van der Waals surface area contributed by atoms with Crippen molar-refractivity contribution in [2.75, 3.05) is 5.32 Å². The molecular weight excluding hydrogens is 442 g/mol. The van der Waals surface area contributed by atoms with Crippen LogP contribution in [0.3, 0.4) is 0 Å². The molecule has 164 valence electrons. The number of thiophene rings is 1. The fraction of sp³-hybridized carbons (Fsp3) is 0.200. The number of carbonyl (C=O) groups is 1. The van der Waals surface area contributed by atoms with Gasteiger partial charge in [0.05, 0.1) is 23.3 Å². The fourth-order valence-corrected chi connectivity index (χ4v) is 4.28. The van der Waals surface area contributed by atoms with E-state index in [0.29, 0.717) is 28.7 Å². The van der Waals surface area contributed by atoms with E-state index in [1.807, 2.05) is 48.0 Å². The highest BCUT2D eigenvalue weighted by Crippen LogP contribution is 2.25. The SMILES string of the molecule is Cc1cc(C)c(C)c(OCc2csc(C(=O)Nc3cnn(Cc4ccc(Cl)cc4)c3)c2)c1. The van der Waals surface area contributed by atoms with Crippen molar-refractivity contribution in [3.8, 4) is 5.75 Å². The second-order valence-electron chi connectivity index (χ2n) is 7.82. The Bertz CT molecular complexity index is 1240. The number of carbonyl (C=O) groups excluding carboxylic acids is 1. The van der Waals surface area contributed by atoms with E-state index in [1.54, 1.807) is 10.9 Å². The van der Waals surface area contributed by atoms with Crippen molar-refractivity contribution in [2.45, 2.75) is 33.9 Å². The highest BCUT2D eigenvalue weighted by atomic mass is 35.5. The summed E-state index contributed by atoms with van der Waals surface area (Å²) in [7, 11) is 0. The molecule has 32 heavy (non-hydrogen) atoms. The number of hydrogen-bond acceptors (Lipinski definition) is 4. The Morgan fingerprint density at radius 3 is 2.69 bits per heavy atom. The summed E-state index contributed by atoms with van der Waals surface area (Å²) in [5, 5.41) is 9.89. The van der Waals surface area contributed by atoms with Crippen molar-refractivity contribution < 1.29 is 9.53 Å². The van der Waals surface area contributed by atoms with Crippen LogP contribution >= 0.6 is 22.9 Å². The van der Waals surface area contributed by atoms with Crippen molar-refractivity contribution in [3.05, 3.63) is 98.0 Å². The molecule has 0 aliphatic heterocycles. The van der Waals surface area contributed by atoms with Crippen LogP contribution in [0, 0.1) is 20.8 Å². The minimum atomic E-state index is -0.158. The minimum Gasteiger partial charge on any atom is -0.489 e. The Morgan fingerprint density at radius 2 is 1.91 bits per heavy atom. The van der Waals surface area contributed by atoms with Crippen LogP contribution in [0.5, 0.6) is 5.75 Å². The molecule has 0 saturated heterocycles. The quantitative estimate of drug-likeness (QED) is 0.343. The molecule has 0 spiro atoms. The predicted octanol–water partition coefficient (Wildman–Crippen LogP) is 6.40.